The van der Waals surface area contributed by atoms with Gasteiger partial charge in [-0.05, 0) is 49.1 Å². The van der Waals surface area contributed by atoms with Crippen molar-refractivity contribution in [2.45, 2.75) is 19.3 Å². The molecule has 4 rings (SSSR count). The lowest BCUT2D eigenvalue weighted by Gasteiger charge is -2.25. The Labute approximate surface area is 201 Å². The number of ether oxygens (including phenoxy) is 1. The number of benzene rings is 1. The summed E-state index contributed by atoms with van der Waals surface area (Å²) < 4.78 is 5.84. The van der Waals surface area contributed by atoms with E-state index in [1.165, 1.54) is 24.9 Å². The first-order valence-corrected chi connectivity index (χ1v) is 11.1. The van der Waals surface area contributed by atoms with Crippen LogP contribution in [0.2, 0.25) is 5.02 Å². The Hall–Kier alpha value is -4.09. The molecule has 0 radical (unpaired) electrons. The fourth-order valence-electron chi connectivity index (χ4n) is 3.32. The van der Waals surface area contributed by atoms with Crippen LogP contribution >= 0.6 is 11.6 Å². The summed E-state index contributed by atoms with van der Waals surface area (Å²) in [4.78, 5) is 21.0. The third kappa shape index (κ3) is 5.82. The molecule has 1 aliphatic carbocycles. The summed E-state index contributed by atoms with van der Waals surface area (Å²) in [6.07, 6.45) is 9.26. The quantitative estimate of drug-likeness (QED) is 0.379. The molecule has 3 aromatic rings. The number of aromatic hydroxyl groups is 1. The van der Waals surface area contributed by atoms with Crippen LogP contribution in [0, 0.1) is 17.2 Å². The third-order valence-corrected chi connectivity index (χ3v) is 5.59. The van der Waals surface area contributed by atoms with Crippen molar-refractivity contribution in [3.05, 3.63) is 71.0 Å². The number of hydrogen-bond acceptors (Lipinski definition) is 7. The summed E-state index contributed by atoms with van der Waals surface area (Å²) >= 11 is 6.08. The molecular weight excluding hydrogens is 454 g/mol. The Morgan fingerprint density at radius 1 is 1.26 bits per heavy atom. The van der Waals surface area contributed by atoms with E-state index in [0.717, 1.165) is 12.8 Å². The van der Waals surface area contributed by atoms with E-state index in [-0.39, 0.29) is 5.75 Å². The summed E-state index contributed by atoms with van der Waals surface area (Å²) in [6.45, 7) is 0.539. The van der Waals surface area contributed by atoms with Gasteiger partial charge in [-0.15, -0.1) is 0 Å². The van der Waals surface area contributed by atoms with Crippen LogP contribution in [0.1, 0.15) is 30.4 Å². The number of carbonyl (C=O) groups excluding carboxylic acids is 1. The number of pyridine rings is 2. The number of halogens is 1. The average molecular weight is 476 g/mol. The number of rotatable bonds is 8. The lowest BCUT2D eigenvalue weighted by molar-refractivity contribution is -0.111. The molecule has 0 bridgehead atoms. The number of nitrogens with zero attached hydrogens (tertiary/aromatic N) is 3. The smallest absolute Gasteiger partial charge is 0.248 e. The van der Waals surface area contributed by atoms with Gasteiger partial charge >= 0.3 is 0 Å². The molecule has 1 fully saturated rings. The molecule has 1 aliphatic rings. The maximum absolute atomic E-state index is 12.7. The van der Waals surface area contributed by atoms with Gasteiger partial charge in [-0.25, -0.2) is 9.97 Å². The number of hydrogen-bond donors (Lipinski definition) is 3. The van der Waals surface area contributed by atoms with Crippen LogP contribution in [0.3, 0.4) is 0 Å². The molecule has 172 valence electrons. The standard InChI is InChI=1S/C25H22ClN5O3/c26-19-11-20(25(29-14-19)31-22-9-7-17(12-27)13-28-22)30-23(33)10-8-18-5-2-6-21(32)24(18)34-15-16-3-1-4-16/h2,5-11,13-14,16,32H,1,3-4,15H2,(H,30,33)(H,28,29,31)/b10-8+. The number of phenolic OH excluding ortho intramolecular Hbond substituents is 1. The molecule has 0 spiro atoms. The normalized spacial score (nSPS) is 13.2. The van der Waals surface area contributed by atoms with Crippen molar-refractivity contribution in [1.29, 1.82) is 5.26 Å². The number of anilines is 3. The topological polar surface area (TPSA) is 120 Å². The number of carbonyl (C=O) groups is 1. The van der Waals surface area contributed by atoms with Crippen LogP contribution in [0.15, 0.2) is 54.9 Å². The van der Waals surface area contributed by atoms with E-state index in [9.17, 15) is 9.90 Å². The zero-order chi connectivity index (χ0) is 23.9. The van der Waals surface area contributed by atoms with Gasteiger partial charge in [0, 0.05) is 24.0 Å². The summed E-state index contributed by atoms with van der Waals surface area (Å²) in [7, 11) is 0. The SMILES string of the molecule is N#Cc1ccc(Nc2ncc(Cl)cc2NC(=O)/C=C/c2cccc(O)c2OCC2CCC2)nc1. The zero-order valence-electron chi connectivity index (χ0n) is 18.2. The van der Waals surface area contributed by atoms with Crippen molar-refractivity contribution >= 4 is 40.9 Å². The molecular formula is C25H22ClN5O3. The third-order valence-electron chi connectivity index (χ3n) is 5.38. The molecule has 8 nitrogen and oxygen atoms in total. The van der Waals surface area contributed by atoms with Gasteiger partial charge in [0.05, 0.1) is 22.9 Å². The summed E-state index contributed by atoms with van der Waals surface area (Å²) in [5.74, 6) is 1.26. The van der Waals surface area contributed by atoms with E-state index in [2.05, 4.69) is 20.6 Å². The maximum atomic E-state index is 12.7. The van der Waals surface area contributed by atoms with E-state index in [0.29, 0.717) is 51.7 Å². The van der Waals surface area contributed by atoms with Gasteiger partial charge in [-0.1, -0.05) is 30.2 Å². The van der Waals surface area contributed by atoms with Gasteiger partial charge in [0.2, 0.25) is 5.91 Å². The van der Waals surface area contributed by atoms with Crippen molar-refractivity contribution in [2.24, 2.45) is 5.92 Å². The van der Waals surface area contributed by atoms with E-state index in [4.69, 9.17) is 21.6 Å². The Balaban J connectivity index is 1.47. The van der Waals surface area contributed by atoms with Crippen LogP contribution < -0.4 is 15.4 Å². The second kappa shape index (κ2) is 10.7. The first-order chi connectivity index (χ1) is 16.5. The second-order valence-corrected chi connectivity index (χ2v) is 8.28. The second-order valence-electron chi connectivity index (χ2n) is 7.84. The molecule has 2 heterocycles. The maximum Gasteiger partial charge on any atom is 0.248 e. The summed E-state index contributed by atoms with van der Waals surface area (Å²) in [5, 5.41) is 25.2. The monoisotopic (exact) mass is 475 g/mol. The predicted molar refractivity (Wildman–Crippen MR) is 130 cm³/mol. The Bertz CT molecular complexity index is 1250. The van der Waals surface area contributed by atoms with Gasteiger partial charge in [-0.2, -0.15) is 5.26 Å². The van der Waals surface area contributed by atoms with Crippen LogP contribution in [0.5, 0.6) is 11.5 Å². The number of nitrogens with one attached hydrogen (secondary N) is 2. The Morgan fingerprint density at radius 2 is 2.12 bits per heavy atom. The molecule has 2 aromatic heterocycles. The highest BCUT2D eigenvalue weighted by molar-refractivity contribution is 6.31. The van der Waals surface area contributed by atoms with Crippen LogP contribution in [-0.2, 0) is 4.79 Å². The Kier molecular flexibility index (Phi) is 7.25. The fourth-order valence-corrected chi connectivity index (χ4v) is 3.48. The number of para-hydroxylation sites is 1. The van der Waals surface area contributed by atoms with E-state index in [1.807, 2.05) is 6.07 Å². The fraction of sp³-hybridized carbons (Fsp3) is 0.200. The van der Waals surface area contributed by atoms with Gasteiger partial charge in [0.25, 0.3) is 0 Å². The lowest BCUT2D eigenvalue weighted by atomic mass is 9.86. The molecule has 1 amide bonds. The molecule has 1 aromatic carbocycles. The minimum atomic E-state index is -0.423. The molecule has 9 heteroatoms. The zero-order valence-corrected chi connectivity index (χ0v) is 18.9. The van der Waals surface area contributed by atoms with Gasteiger partial charge < -0.3 is 20.5 Å². The summed E-state index contributed by atoms with van der Waals surface area (Å²) in [6, 6.07) is 11.8. The number of aromatic nitrogens is 2. The molecule has 34 heavy (non-hydrogen) atoms. The first-order valence-electron chi connectivity index (χ1n) is 10.7. The molecule has 0 atom stereocenters. The van der Waals surface area contributed by atoms with Gasteiger partial charge in [0.15, 0.2) is 17.3 Å². The van der Waals surface area contributed by atoms with Crippen LogP contribution in [0.25, 0.3) is 6.08 Å². The lowest BCUT2D eigenvalue weighted by Crippen LogP contribution is -2.19. The van der Waals surface area contributed by atoms with Crippen LogP contribution in [0.4, 0.5) is 17.3 Å². The summed E-state index contributed by atoms with van der Waals surface area (Å²) in [5.41, 5.74) is 1.38. The minimum absolute atomic E-state index is 0.0299. The highest BCUT2D eigenvalue weighted by Gasteiger charge is 2.19. The number of phenols is 1. The predicted octanol–water partition coefficient (Wildman–Crippen LogP) is 5.28. The molecule has 1 saturated carbocycles. The van der Waals surface area contributed by atoms with E-state index in [1.54, 1.807) is 42.5 Å². The Morgan fingerprint density at radius 3 is 2.82 bits per heavy atom. The minimum Gasteiger partial charge on any atom is -0.504 e. The van der Waals surface area contributed by atoms with Crippen molar-refractivity contribution in [3.63, 3.8) is 0 Å². The van der Waals surface area contributed by atoms with Crippen molar-refractivity contribution in [2.75, 3.05) is 17.2 Å². The number of nitriles is 1. The highest BCUT2D eigenvalue weighted by Crippen LogP contribution is 2.34. The van der Waals surface area contributed by atoms with Crippen molar-refractivity contribution in [3.8, 4) is 17.6 Å². The first kappa shape index (κ1) is 23.1. The van der Waals surface area contributed by atoms with E-state index < -0.39 is 5.91 Å². The molecule has 0 unspecified atom stereocenters. The van der Waals surface area contributed by atoms with Crippen molar-refractivity contribution in [1.82, 2.24) is 9.97 Å². The number of amides is 1. The van der Waals surface area contributed by atoms with Gasteiger partial charge in [-0.3, -0.25) is 4.79 Å². The van der Waals surface area contributed by atoms with E-state index >= 15 is 0 Å². The molecule has 0 aliphatic heterocycles. The average Bonchev–Trinajstić information content (AvgIpc) is 2.80. The van der Waals surface area contributed by atoms with Crippen molar-refractivity contribution < 1.29 is 14.6 Å². The molecule has 3 N–H and O–H groups in total. The highest BCUT2D eigenvalue weighted by atomic mass is 35.5. The largest absolute Gasteiger partial charge is 0.504 e. The molecule has 0 saturated heterocycles. The van der Waals surface area contributed by atoms with Crippen LogP contribution in [-0.4, -0.2) is 27.6 Å². The van der Waals surface area contributed by atoms with Gasteiger partial charge in [0.1, 0.15) is 11.9 Å².